The molecule has 8 nitrogen and oxygen atoms in total. The second-order valence-corrected chi connectivity index (χ2v) is 7.90. The summed E-state index contributed by atoms with van der Waals surface area (Å²) in [5.41, 5.74) is 1.37. The Morgan fingerprint density at radius 3 is 2.16 bits per heavy atom. The number of ether oxygens (including phenoxy) is 3. The molecule has 162 valence electrons. The number of carbonyl (C=O) groups excluding carboxylic acids is 1. The molecular weight excluding hydrogens is 416 g/mol. The lowest BCUT2D eigenvalue weighted by Gasteiger charge is -2.35. The van der Waals surface area contributed by atoms with Crippen LogP contribution in [-0.2, 0) is 0 Å². The number of methoxy groups -OCH3 is 3. The highest BCUT2D eigenvalue weighted by molar-refractivity contribution is 7.13. The second kappa shape index (κ2) is 9.22. The van der Waals surface area contributed by atoms with Crippen LogP contribution in [-0.4, -0.2) is 68.5 Å². The van der Waals surface area contributed by atoms with E-state index in [0.29, 0.717) is 49.0 Å². The molecule has 2 aromatic heterocycles. The molecular formula is C22H24N4O4S. The lowest BCUT2D eigenvalue weighted by atomic mass is 10.1. The summed E-state index contributed by atoms with van der Waals surface area (Å²) in [5.74, 6) is 2.14. The third-order valence-electron chi connectivity index (χ3n) is 5.23. The molecule has 31 heavy (non-hydrogen) atoms. The first-order valence-corrected chi connectivity index (χ1v) is 10.7. The van der Waals surface area contributed by atoms with Gasteiger partial charge in [0.05, 0.1) is 26.2 Å². The number of thiophene rings is 1. The Labute approximate surface area is 185 Å². The van der Waals surface area contributed by atoms with E-state index >= 15 is 0 Å². The van der Waals surface area contributed by atoms with Gasteiger partial charge in [0.25, 0.3) is 5.91 Å². The quantitative estimate of drug-likeness (QED) is 0.583. The van der Waals surface area contributed by atoms with Gasteiger partial charge in [-0.1, -0.05) is 6.07 Å². The fourth-order valence-corrected chi connectivity index (χ4v) is 4.27. The monoisotopic (exact) mass is 440 g/mol. The van der Waals surface area contributed by atoms with E-state index in [1.165, 1.54) is 21.3 Å². The molecule has 1 aliphatic rings. The third-order valence-corrected chi connectivity index (χ3v) is 6.12. The maximum atomic E-state index is 13.1. The number of benzene rings is 1. The van der Waals surface area contributed by atoms with Crippen LogP contribution in [0.1, 0.15) is 10.4 Å². The Bertz CT molecular complexity index is 1010. The third kappa shape index (κ3) is 4.27. The Balaban J connectivity index is 1.43. The van der Waals surface area contributed by atoms with E-state index in [1.807, 2.05) is 34.5 Å². The van der Waals surface area contributed by atoms with Gasteiger partial charge in [-0.3, -0.25) is 4.79 Å². The molecule has 0 N–H and O–H groups in total. The average Bonchev–Trinajstić information content (AvgIpc) is 3.38. The molecule has 0 unspecified atom stereocenters. The SMILES string of the molecule is COc1cc(C(=O)N2CCN(c3ccc(-c4cccs4)nn3)CC2)cc(OC)c1OC. The van der Waals surface area contributed by atoms with Crippen LogP contribution in [0.3, 0.4) is 0 Å². The van der Waals surface area contributed by atoms with Crippen molar-refractivity contribution in [3.8, 4) is 27.8 Å². The molecule has 0 atom stereocenters. The van der Waals surface area contributed by atoms with Gasteiger partial charge < -0.3 is 24.0 Å². The van der Waals surface area contributed by atoms with E-state index in [0.717, 1.165) is 16.4 Å². The van der Waals surface area contributed by atoms with Crippen molar-refractivity contribution in [3.63, 3.8) is 0 Å². The number of anilines is 1. The summed E-state index contributed by atoms with van der Waals surface area (Å²) in [6, 6.07) is 11.4. The van der Waals surface area contributed by atoms with Gasteiger partial charge >= 0.3 is 0 Å². The van der Waals surface area contributed by atoms with Crippen molar-refractivity contribution in [1.29, 1.82) is 0 Å². The first kappa shape index (κ1) is 20.9. The standard InChI is InChI=1S/C22H24N4O4S/c1-28-17-13-15(14-18(29-2)21(17)30-3)22(27)26-10-8-25(9-11-26)20-7-6-16(23-24-20)19-5-4-12-31-19/h4-7,12-14H,8-11H2,1-3H3. The molecule has 0 aliphatic carbocycles. The number of hydrogen-bond acceptors (Lipinski definition) is 8. The van der Waals surface area contributed by atoms with Crippen molar-refractivity contribution < 1.29 is 19.0 Å². The molecule has 1 aromatic carbocycles. The molecule has 9 heteroatoms. The summed E-state index contributed by atoms with van der Waals surface area (Å²) in [4.78, 5) is 18.1. The highest BCUT2D eigenvalue weighted by Crippen LogP contribution is 2.38. The van der Waals surface area contributed by atoms with Gasteiger partial charge in [0, 0.05) is 31.7 Å². The minimum absolute atomic E-state index is 0.0713. The first-order valence-electron chi connectivity index (χ1n) is 9.86. The van der Waals surface area contributed by atoms with E-state index in [2.05, 4.69) is 15.1 Å². The van der Waals surface area contributed by atoms with Crippen LogP contribution in [0.5, 0.6) is 17.2 Å². The maximum absolute atomic E-state index is 13.1. The zero-order valence-electron chi connectivity index (χ0n) is 17.7. The average molecular weight is 441 g/mol. The van der Waals surface area contributed by atoms with Gasteiger partial charge in [-0.05, 0) is 35.7 Å². The fourth-order valence-electron chi connectivity index (χ4n) is 3.58. The smallest absolute Gasteiger partial charge is 0.254 e. The number of amides is 1. The summed E-state index contributed by atoms with van der Waals surface area (Å²) in [6.45, 7) is 2.54. The molecule has 1 fully saturated rings. The van der Waals surface area contributed by atoms with Crippen LogP contribution < -0.4 is 19.1 Å². The van der Waals surface area contributed by atoms with E-state index in [-0.39, 0.29) is 5.91 Å². The maximum Gasteiger partial charge on any atom is 0.254 e. The molecule has 3 aromatic rings. The Hall–Kier alpha value is -3.33. The number of carbonyl (C=O) groups is 1. The summed E-state index contributed by atoms with van der Waals surface area (Å²) >= 11 is 1.64. The highest BCUT2D eigenvalue weighted by atomic mass is 32.1. The van der Waals surface area contributed by atoms with E-state index in [9.17, 15) is 4.79 Å². The van der Waals surface area contributed by atoms with Gasteiger partial charge in [-0.2, -0.15) is 0 Å². The zero-order chi connectivity index (χ0) is 21.8. The summed E-state index contributed by atoms with van der Waals surface area (Å²) < 4.78 is 16.1. The predicted octanol–water partition coefficient (Wildman–Crippen LogP) is 3.19. The van der Waals surface area contributed by atoms with E-state index < -0.39 is 0 Å². The molecule has 0 spiro atoms. The first-order chi connectivity index (χ1) is 15.1. The van der Waals surface area contributed by atoms with Crippen LogP contribution in [0, 0.1) is 0 Å². The van der Waals surface area contributed by atoms with Crippen LogP contribution in [0.15, 0.2) is 41.8 Å². The molecule has 0 saturated carbocycles. The fraction of sp³-hybridized carbons (Fsp3) is 0.318. The van der Waals surface area contributed by atoms with Gasteiger partial charge in [0.15, 0.2) is 17.3 Å². The Kier molecular flexibility index (Phi) is 6.22. The van der Waals surface area contributed by atoms with Crippen molar-refractivity contribution in [2.24, 2.45) is 0 Å². The largest absolute Gasteiger partial charge is 0.493 e. The van der Waals surface area contributed by atoms with Gasteiger partial charge in [-0.25, -0.2) is 0 Å². The lowest BCUT2D eigenvalue weighted by Crippen LogP contribution is -2.49. The molecule has 4 rings (SSSR count). The normalized spacial score (nSPS) is 13.8. The molecule has 0 radical (unpaired) electrons. The van der Waals surface area contributed by atoms with Gasteiger partial charge in [0.1, 0.15) is 5.69 Å². The number of rotatable bonds is 6. The Morgan fingerprint density at radius 1 is 0.935 bits per heavy atom. The van der Waals surface area contributed by atoms with E-state index in [1.54, 1.807) is 23.5 Å². The predicted molar refractivity (Wildman–Crippen MR) is 120 cm³/mol. The number of nitrogens with zero attached hydrogens (tertiary/aromatic N) is 4. The number of piperazine rings is 1. The van der Waals surface area contributed by atoms with Crippen LogP contribution in [0.2, 0.25) is 0 Å². The second-order valence-electron chi connectivity index (χ2n) is 6.95. The van der Waals surface area contributed by atoms with Crippen molar-refractivity contribution in [2.75, 3.05) is 52.4 Å². The summed E-state index contributed by atoms with van der Waals surface area (Å²) in [5, 5.41) is 10.8. The van der Waals surface area contributed by atoms with Crippen LogP contribution >= 0.6 is 11.3 Å². The van der Waals surface area contributed by atoms with Crippen molar-refractivity contribution in [3.05, 3.63) is 47.3 Å². The minimum atomic E-state index is -0.0713. The van der Waals surface area contributed by atoms with Crippen molar-refractivity contribution in [1.82, 2.24) is 15.1 Å². The van der Waals surface area contributed by atoms with Crippen LogP contribution in [0.25, 0.3) is 10.6 Å². The molecule has 1 aliphatic heterocycles. The summed E-state index contributed by atoms with van der Waals surface area (Å²) in [7, 11) is 4.61. The number of hydrogen-bond donors (Lipinski definition) is 0. The molecule has 3 heterocycles. The zero-order valence-corrected chi connectivity index (χ0v) is 18.5. The highest BCUT2D eigenvalue weighted by Gasteiger charge is 2.25. The van der Waals surface area contributed by atoms with Gasteiger partial charge in [-0.15, -0.1) is 21.5 Å². The minimum Gasteiger partial charge on any atom is -0.493 e. The molecule has 1 amide bonds. The molecule has 0 bridgehead atoms. The van der Waals surface area contributed by atoms with E-state index in [4.69, 9.17) is 14.2 Å². The van der Waals surface area contributed by atoms with Crippen LogP contribution in [0.4, 0.5) is 5.82 Å². The van der Waals surface area contributed by atoms with Crippen molar-refractivity contribution in [2.45, 2.75) is 0 Å². The number of aromatic nitrogens is 2. The topological polar surface area (TPSA) is 77.0 Å². The van der Waals surface area contributed by atoms with Gasteiger partial charge in [0.2, 0.25) is 5.75 Å². The van der Waals surface area contributed by atoms with Crippen molar-refractivity contribution >= 4 is 23.1 Å². The Morgan fingerprint density at radius 2 is 1.65 bits per heavy atom. The lowest BCUT2D eigenvalue weighted by molar-refractivity contribution is 0.0745. The molecule has 1 saturated heterocycles. The summed E-state index contributed by atoms with van der Waals surface area (Å²) in [6.07, 6.45) is 0.